The molecule has 1 N–H and O–H groups in total. The van der Waals surface area contributed by atoms with E-state index in [0.29, 0.717) is 16.3 Å². The molecule has 39 heavy (non-hydrogen) atoms. The van der Waals surface area contributed by atoms with Crippen LogP contribution >= 0.6 is 11.3 Å². The molecule has 11 nitrogen and oxygen atoms in total. The number of halogens is 2. The molecule has 0 amide bonds. The van der Waals surface area contributed by atoms with Gasteiger partial charge in [0.15, 0.2) is 6.33 Å². The van der Waals surface area contributed by atoms with Crippen LogP contribution in [0.15, 0.2) is 78.6 Å². The second-order valence-electron chi connectivity index (χ2n) is 8.87. The van der Waals surface area contributed by atoms with Crippen LogP contribution in [0, 0.1) is 11.6 Å². The summed E-state index contributed by atoms with van der Waals surface area (Å²) in [5, 5.41) is 27.5. The van der Waals surface area contributed by atoms with Crippen molar-refractivity contribution in [2.75, 3.05) is 0 Å². The third-order valence-corrected chi connectivity index (χ3v) is 7.73. The van der Waals surface area contributed by atoms with Crippen LogP contribution in [0.4, 0.5) is 8.78 Å². The lowest BCUT2D eigenvalue weighted by Gasteiger charge is -2.35. The van der Waals surface area contributed by atoms with Gasteiger partial charge in [0.1, 0.15) is 34.6 Å². The number of fused-ring (bicyclic) bond motifs is 1. The average Bonchev–Trinajstić information content (AvgIpc) is 3.71. The fourth-order valence-electron chi connectivity index (χ4n) is 4.46. The molecule has 0 aliphatic carbocycles. The lowest BCUT2D eigenvalue weighted by molar-refractivity contribution is -0.0343. The number of benzene rings is 2. The Morgan fingerprint density at radius 3 is 2.56 bits per heavy atom. The van der Waals surface area contributed by atoms with Crippen molar-refractivity contribution in [2.45, 2.75) is 25.1 Å². The molecule has 0 spiro atoms. The van der Waals surface area contributed by atoms with Crippen molar-refractivity contribution in [3.63, 3.8) is 0 Å². The first kappa shape index (κ1) is 24.6. The first-order valence-electron chi connectivity index (χ1n) is 11.7. The summed E-state index contributed by atoms with van der Waals surface area (Å²) in [6.07, 6.45) is 5.29. The smallest absolute Gasteiger partial charge is 0.271 e. The molecule has 0 saturated carbocycles. The highest BCUT2D eigenvalue weighted by Gasteiger charge is 2.41. The predicted octanol–water partition coefficient (Wildman–Crippen LogP) is 3.12. The molecule has 4 heterocycles. The minimum Gasteiger partial charge on any atom is -0.381 e. The maximum atomic E-state index is 15.0. The summed E-state index contributed by atoms with van der Waals surface area (Å²) in [6, 6.07) is 11.1. The van der Waals surface area contributed by atoms with Gasteiger partial charge in [-0.3, -0.25) is 9.36 Å². The second-order valence-corrected chi connectivity index (χ2v) is 9.92. The highest BCUT2D eigenvalue weighted by molar-refractivity contribution is 7.22. The zero-order valence-electron chi connectivity index (χ0n) is 20.3. The molecule has 6 aromatic rings. The maximum Gasteiger partial charge on any atom is 0.271 e. The van der Waals surface area contributed by atoms with Crippen LogP contribution in [-0.4, -0.2) is 49.6 Å². The van der Waals surface area contributed by atoms with E-state index in [0.717, 1.165) is 28.3 Å². The van der Waals surface area contributed by atoms with Crippen molar-refractivity contribution in [3.8, 4) is 16.1 Å². The molecule has 2 atom stereocenters. The molecule has 0 unspecified atom stereocenters. The zero-order valence-corrected chi connectivity index (χ0v) is 21.1. The van der Waals surface area contributed by atoms with E-state index in [-0.39, 0.29) is 12.1 Å². The quantitative estimate of drug-likeness (QED) is 0.323. The van der Waals surface area contributed by atoms with E-state index in [9.17, 15) is 18.7 Å². The van der Waals surface area contributed by atoms with Gasteiger partial charge in [0.05, 0.1) is 30.1 Å². The van der Waals surface area contributed by atoms with E-state index < -0.39 is 28.8 Å². The Morgan fingerprint density at radius 2 is 1.87 bits per heavy atom. The molecule has 2 aromatic carbocycles. The monoisotopic (exact) mass is 547 g/mol. The van der Waals surface area contributed by atoms with E-state index in [2.05, 4.69) is 30.5 Å². The summed E-state index contributed by atoms with van der Waals surface area (Å²) < 4.78 is 31.6. The number of tetrazole rings is 1. The van der Waals surface area contributed by atoms with Crippen LogP contribution in [-0.2, 0) is 12.1 Å². The number of thiophene rings is 1. The normalized spacial score (nSPS) is 13.9. The summed E-state index contributed by atoms with van der Waals surface area (Å²) in [6.45, 7) is 1.32. The lowest BCUT2D eigenvalue weighted by Crippen LogP contribution is -2.43. The molecule has 0 aliphatic rings. The summed E-state index contributed by atoms with van der Waals surface area (Å²) in [5.74, 6) is -1.74. The Hall–Kier alpha value is -4.69. The van der Waals surface area contributed by atoms with E-state index >= 15 is 0 Å². The Labute approximate surface area is 222 Å². The molecule has 0 bridgehead atoms. The first-order chi connectivity index (χ1) is 18.8. The number of aromatic nitrogens is 9. The Kier molecular flexibility index (Phi) is 6.04. The van der Waals surface area contributed by atoms with Crippen LogP contribution < -0.4 is 5.56 Å². The van der Waals surface area contributed by atoms with Gasteiger partial charge in [0.25, 0.3) is 5.56 Å². The number of nitrogens with zero attached hydrogens (tertiary/aromatic N) is 9. The number of aliphatic hydroxyl groups is 1. The lowest BCUT2D eigenvalue weighted by atomic mass is 9.86. The van der Waals surface area contributed by atoms with Crippen LogP contribution in [0.25, 0.3) is 26.3 Å². The molecular weight excluding hydrogens is 528 g/mol. The van der Waals surface area contributed by atoms with E-state index in [1.807, 2.05) is 24.3 Å². The molecule has 0 aliphatic heterocycles. The van der Waals surface area contributed by atoms with Gasteiger partial charge in [-0.15, -0.1) is 26.3 Å². The summed E-state index contributed by atoms with van der Waals surface area (Å²) in [5.41, 5.74) is -0.531. The molecule has 0 fully saturated rings. The number of hydrogen-bond acceptors (Lipinski definition) is 9. The standard InChI is InChI=1S/C25H19F2N9O2S/c1-15(25(38,10-34-13-28-11-31-34)19-7-4-17(26)8-20(19)27)35-14-29-21-9-22(39-23(21)24(35)37)16-2-5-18(6-3-16)36-32-12-30-33-36/h2-9,11-15,38H,10H2,1H3/t15-,25-/m1/s1. The van der Waals surface area contributed by atoms with E-state index in [1.165, 1.54) is 50.7 Å². The number of rotatable bonds is 7. The van der Waals surface area contributed by atoms with Crippen molar-refractivity contribution in [3.05, 3.63) is 101 Å². The van der Waals surface area contributed by atoms with Gasteiger partial charge in [0, 0.05) is 16.5 Å². The van der Waals surface area contributed by atoms with Crippen LogP contribution in [0.1, 0.15) is 18.5 Å². The third kappa shape index (κ3) is 4.38. The fourth-order valence-corrected chi connectivity index (χ4v) is 5.51. The SMILES string of the molecule is C[C@@H](n1cnc2cc(-c3ccc(-n4ncnn4)cc3)sc2c1=O)[C@](O)(Cn1cncn1)c1ccc(F)cc1F. The fraction of sp³-hybridized carbons (Fsp3) is 0.160. The summed E-state index contributed by atoms with van der Waals surface area (Å²) in [7, 11) is 0. The van der Waals surface area contributed by atoms with Crippen molar-refractivity contribution in [2.24, 2.45) is 0 Å². The van der Waals surface area contributed by atoms with Crippen LogP contribution in [0.3, 0.4) is 0 Å². The highest BCUT2D eigenvalue weighted by Crippen LogP contribution is 2.37. The Balaban J connectivity index is 1.40. The topological polar surface area (TPSA) is 129 Å². The Bertz CT molecular complexity index is 1820. The minimum absolute atomic E-state index is 0.187. The largest absolute Gasteiger partial charge is 0.381 e. The second kappa shape index (κ2) is 9.56. The molecule has 14 heteroatoms. The first-order valence-corrected chi connectivity index (χ1v) is 12.5. The summed E-state index contributed by atoms with van der Waals surface area (Å²) in [4.78, 5) is 24.2. The highest BCUT2D eigenvalue weighted by atomic mass is 32.1. The number of hydrogen-bond donors (Lipinski definition) is 1. The summed E-state index contributed by atoms with van der Waals surface area (Å²) >= 11 is 1.25. The van der Waals surface area contributed by atoms with E-state index in [4.69, 9.17) is 0 Å². The van der Waals surface area contributed by atoms with Gasteiger partial charge in [-0.2, -0.15) is 5.10 Å². The van der Waals surface area contributed by atoms with Gasteiger partial charge < -0.3 is 5.11 Å². The zero-order chi connectivity index (χ0) is 27.1. The van der Waals surface area contributed by atoms with Gasteiger partial charge in [0.2, 0.25) is 0 Å². The van der Waals surface area contributed by atoms with Crippen molar-refractivity contribution in [1.29, 1.82) is 0 Å². The van der Waals surface area contributed by atoms with Crippen molar-refractivity contribution < 1.29 is 13.9 Å². The minimum atomic E-state index is -2.00. The van der Waals surface area contributed by atoms with Crippen LogP contribution in [0.5, 0.6) is 0 Å². The predicted molar refractivity (Wildman–Crippen MR) is 137 cm³/mol. The third-order valence-electron chi connectivity index (χ3n) is 6.57. The molecular formula is C25H19F2N9O2S. The van der Waals surface area contributed by atoms with Crippen molar-refractivity contribution in [1.82, 2.24) is 44.5 Å². The molecule has 0 radical (unpaired) electrons. The Morgan fingerprint density at radius 1 is 1.05 bits per heavy atom. The average molecular weight is 548 g/mol. The van der Waals surface area contributed by atoms with E-state index in [1.54, 1.807) is 13.0 Å². The van der Waals surface area contributed by atoms with Crippen molar-refractivity contribution >= 4 is 21.6 Å². The van der Waals surface area contributed by atoms with Gasteiger partial charge in [-0.1, -0.05) is 18.2 Å². The molecule has 6 rings (SSSR count). The van der Waals surface area contributed by atoms with Gasteiger partial charge in [-0.05, 0) is 42.0 Å². The molecule has 0 saturated heterocycles. The maximum absolute atomic E-state index is 15.0. The molecule has 196 valence electrons. The van der Waals surface area contributed by atoms with Crippen LogP contribution in [0.2, 0.25) is 0 Å². The molecule has 4 aromatic heterocycles. The van der Waals surface area contributed by atoms with Gasteiger partial charge in [-0.25, -0.2) is 23.4 Å². The van der Waals surface area contributed by atoms with Gasteiger partial charge >= 0.3 is 0 Å².